The van der Waals surface area contributed by atoms with E-state index in [9.17, 15) is 14.9 Å². The molecule has 1 N–H and O–H groups in total. The summed E-state index contributed by atoms with van der Waals surface area (Å²) < 4.78 is 10.4. The summed E-state index contributed by atoms with van der Waals surface area (Å²) in [5, 5.41) is 20.1. The van der Waals surface area contributed by atoms with Crippen LogP contribution >= 0.6 is 0 Å². The lowest BCUT2D eigenvalue weighted by molar-refractivity contribution is -0.385. The van der Waals surface area contributed by atoms with E-state index in [2.05, 4.69) is 0 Å². The van der Waals surface area contributed by atoms with E-state index >= 15 is 0 Å². The molecule has 8 heteroatoms. The zero-order valence-electron chi connectivity index (χ0n) is 12.2. The quantitative estimate of drug-likeness (QED) is 0.594. The maximum absolute atomic E-state index is 11.7. The zero-order chi connectivity index (χ0) is 16.0. The summed E-state index contributed by atoms with van der Waals surface area (Å²) in [6, 6.07) is 2.46. The highest BCUT2D eigenvalue weighted by Gasteiger charge is 2.20. The van der Waals surface area contributed by atoms with E-state index in [0.29, 0.717) is 6.54 Å². The third-order valence-electron chi connectivity index (χ3n) is 2.98. The van der Waals surface area contributed by atoms with E-state index in [1.807, 2.05) is 6.92 Å². The van der Waals surface area contributed by atoms with Gasteiger partial charge in [-0.25, -0.2) is 0 Å². The summed E-state index contributed by atoms with van der Waals surface area (Å²) in [5.41, 5.74) is -0.175. The van der Waals surface area contributed by atoms with Crippen molar-refractivity contribution >= 4 is 11.6 Å². The Balaban J connectivity index is 3.02. The van der Waals surface area contributed by atoms with E-state index < -0.39 is 11.5 Å². The number of nitro groups is 1. The number of hydrogen-bond acceptors (Lipinski definition) is 6. The van der Waals surface area contributed by atoms with Crippen LogP contribution in [0.4, 0.5) is 5.69 Å². The normalized spacial score (nSPS) is 10.1. The summed E-state index contributed by atoms with van der Waals surface area (Å²) >= 11 is 0. The number of likely N-dealkylation sites (N-methyl/N-ethyl adjacent to an activating group) is 1. The topological polar surface area (TPSA) is 102 Å². The minimum Gasteiger partial charge on any atom is -0.493 e. The molecule has 1 amide bonds. The number of amides is 1. The fourth-order valence-electron chi connectivity index (χ4n) is 1.59. The Hall–Kier alpha value is -2.35. The van der Waals surface area contributed by atoms with Crippen molar-refractivity contribution in [2.45, 2.75) is 13.5 Å². The molecule has 0 unspecified atom stereocenters. The van der Waals surface area contributed by atoms with Crippen LogP contribution in [0.25, 0.3) is 0 Å². The van der Waals surface area contributed by atoms with Crippen LogP contribution in [-0.2, 0) is 11.4 Å². The van der Waals surface area contributed by atoms with Gasteiger partial charge in [0.15, 0.2) is 18.1 Å². The molecule has 0 radical (unpaired) electrons. The standard InChI is InChI=1S/C13H18N2O6/c1-4-14(2)13(17)8-21-12-6-10(15(18)19)9(7-16)5-11(12)20-3/h5-6,16H,4,7-8H2,1-3H3. The predicted molar refractivity (Wildman–Crippen MR) is 74.4 cm³/mol. The first-order valence-corrected chi connectivity index (χ1v) is 6.27. The van der Waals surface area contributed by atoms with E-state index in [1.165, 1.54) is 18.1 Å². The predicted octanol–water partition coefficient (Wildman–Crippen LogP) is 0.953. The number of carbonyl (C=O) groups excluding carboxylic acids is 1. The van der Waals surface area contributed by atoms with Gasteiger partial charge < -0.3 is 19.5 Å². The van der Waals surface area contributed by atoms with Crippen LogP contribution in [0, 0.1) is 10.1 Å². The number of ether oxygens (including phenoxy) is 2. The Bertz CT molecular complexity index is 532. The number of carbonyl (C=O) groups is 1. The van der Waals surface area contributed by atoms with Crippen LogP contribution in [0.2, 0.25) is 0 Å². The Morgan fingerprint density at radius 3 is 2.57 bits per heavy atom. The number of aliphatic hydroxyl groups excluding tert-OH is 1. The molecule has 8 nitrogen and oxygen atoms in total. The second kappa shape index (κ2) is 7.44. The monoisotopic (exact) mass is 298 g/mol. The van der Waals surface area contributed by atoms with E-state index in [0.717, 1.165) is 6.07 Å². The second-order valence-electron chi connectivity index (χ2n) is 4.24. The largest absolute Gasteiger partial charge is 0.493 e. The van der Waals surface area contributed by atoms with Crippen LogP contribution in [0.5, 0.6) is 11.5 Å². The minimum atomic E-state index is -0.627. The molecule has 0 aliphatic carbocycles. The number of nitrogens with zero attached hydrogens (tertiary/aromatic N) is 2. The smallest absolute Gasteiger partial charge is 0.278 e. The van der Waals surface area contributed by atoms with Crippen molar-refractivity contribution in [2.75, 3.05) is 27.3 Å². The summed E-state index contributed by atoms with van der Waals surface area (Å²) in [5.74, 6) is 0.0456. The molecule has 0 aliphatic rings. The van der Waals surface area contributed by atoms with Gasteiger partial charge >= 0.3 is 0 Å². The van der Waals surface area contributed by atoms with Gasteiger partial charge in [0.1, 0.15) is 0 Å². The van der Waals surface area contributed by atoms with Gasteiger partial charge in [0.05, 0.1) is 30.3 Å². The first-order valence-electron chi connectivity index (χ1n) is 6.27. The van der Waals surface area contributed by atoms with Gasteiger partial charge in [-0.1, -0.05) is 0 Å². The molecule has 0 bridgehead atoms. The number of hydrogen-bond donors (Lipinski definition) is 1. The Kier molecular flexibility index (Phi) is 5.92. The lowest BCUT2D eigenvalue weighted by Crippen LogP contribution is -2.31. The van der Waals surface area contributed by atoms with Crippen molar-refractivity contribution in [3.63, 3.8) is 0 Å². The second-order valence-corrected chi connectivity index (χ2v) is 4.24. The van der Waals surface area contributed by atoms with Crippen molar-refractivity contribution in [1.82, 2.24) is 4.90 Å². The van der Waals surface area contributed by atoms with Gasteiger partial charge in [0, 0.05) is 13.6 Å². The van der Waals surface area contributed by atoms with Crippen molar-refractivity contribution in [2.24, 2.45) is 0 Å². The Labute approximate surface area is 122 Å². The lowest BCUT2D eigenvalue weighted by atomic mass is 10.1. The molecule has 0 fully saturated rings. The molecule has 21 heavy (non-hydrogen) atoms. The molecule has 0 spiro atoms. The van der Waals surface area contributed by atoms with Gasteiger partial charge in [-0.15, -0.1) is 0 Å². The van der Waals surface area contributed by atoms with Crippen molar-refractivity contribution in [3.8, 4) is 11.5 Å². The molecule has 0 saturated heterocycles. The Morgan fingerprint density at radius 1 is 1.43 bits per heavy atom. The van der Waals surface area contributed by atoms with Crippen molar-refractivity contribution < 1.29 is 24.3 Å². The van der Waals surface area contributed by atoms with Crippen LogP contribution in [0.1, 0.15) is 12.5 Å². The molecular formula is C13H18N2O6. The highest BCUT2D eigenvalue weighted by molar-refractivity contribution is 5.77. The maximum atomic E-state index is 11.7. The lowest BCUT2D eigenvalue weighted by Gasteiger charge is -2.16. The van der Waals surface area contributed by atoms with Gasteiger partial charge in [0.2, 0.25) is 0 Å². The molecule has 0 atom stereocenters. The van der Waals surface area contributed by atoms with E-state index in [1.54, 1.807) is 7.05 Å². The van der Waals surface area contributed by atoms with Crippen LogP contribution in [0.15, 0.2) is 12.1 Å². The summed E-state index contributed by atoms with van der Waals surface area (Å²) in [6.45, 7) is 1.60. The maximum Gasteiger partial charge on any atom is 0.278 e. The molecular weight excluding hydrogens is 280 g/mol. The van der Waals surface area contributed by atoms with Gasteiger partial charge in [-0.3, -0.25) is 14.9 Å². The summed E-state index contributed by atoms with van der Waals surface area (Å²) in [6.07, 6.45) is 0. The van der Waals surface area contributed by atoms with E-state index in [4.69, 9.17) is 14.6 Å². The van der Waals surface area contributed by atoms with Crippen LogP contribution in [0.3, 0.4) is 0 Å². The van der Waals surface area contributed by atoms with Crippen LogP contribution < -0.4 is 9.47 Å². The van der Waals surface area contributed by atoms with Gasteiger partial charge in [-0.2, -0.15) is 0 Å². The molecule has 0 saturated carbocycles. The third kappa shape index (κ3) is 4.06. The molecule has 1 rings (SSSR count). The zero-order valence-corrected chi connectivity index (χ0v) is 12.2. The average molecular weight is 298 g/mol. The minimum absolute atomic E-state index is 0.0826. The summed E-state index contributed by atoms with van der Waals surface area (Å²) in [7, 11) is 3.00. The molecule has 1 aromatic rings. The number of aliphatic hydroxyl groups is 1. The third-order valence-corrected chi connectivity index (χ3v) is 2.98. The van der Waals surface area contributed by atoms with Crippen LogP contribution in [-0.4, -0.2) is 48.1 Å². The first-order chi connectivity index (χ1) is 9.94. The van der Waals surface area contributed by atoms with E-state index in [-0.39, 0.29) is 35.3 Å². The molecule has 0 aliphatic heterocycles. The number of methoxy groups -OCH3 is 1. The average Bonchev–Trinajstić information content (AvgIpc) is 2.50. The fraction of sp³-hybridized carbons (Fsp3) is 0.462. The fourth-order valence-corrected chi connectivity index (χ4v) is 1.59. The van der Waals surface area contributed by atoms with Gasteiger partial charge in [0.25, 0.3) is 11.6 Å². The van der Waals surface area contributed by atoms with Crippen molar-refractivity contribution in [3.05, 3.63) is 27.8 Å². The molecule has 116 valence electrons. The number of benzene rings is 1. The van der Waals surface area contributed by atoms with Gasteiger partial charge in [-0.05, 0) is 13.0 Å². The number of nitro benzene ring substituents is 1. The Morgan fingerprint density at radius 2 is 2.10 bits per heavy atom. The molecule has 1 aromatic carbocycles. The highest BCUT2D eigenvalue weighted by atomic mass is 16.6. The summed E-state index contributed by atoms with van der Waals surface area (Å²) in [4.78, 5) is 23.5. The molecule has 0 aromatic heterocycles. The van der Waals surface area contributed by atoms with Crippen molar-refractivity contribution in [1.29, 1.82) is 0 Å². The number of rotatable bonds is 7. The molecule has 0 heterocycles. The first kappa shape index (κ1) is 16.7. The highest BCUT2D eigenvalue weighted by Crippen LogP contribution is 2.34. The SMILES string of the molecule is CCN(C)C(=O)COc1cc([N+](=O)[O-])c(CO)cc1OC.